The van der Waals surface area contributed by atoms with Crippen molar-refractivity contribution in [3.05, 3.63) is 11.6 Å². The van der Waals surface area contributed by atoms with Gasteiger partial charge in [-0.25, -0.2) is 0 Å². The van der Waals surface area contributed by atoms with Gasteiger partial charge in [-0.2, -0.15) is 10.2 Å². The van der Waals surface area contributed by atoms with Crippen LogP contribution in [0.5, 0.6) is 0 Å². The van der Waals surface area contributed by atoms with Gasteiger partial charge in [-0.1, -0.05) is 26.8 Å². The van der Waals surface area contributed by atoms with Crippen LogP contribution in [0.15, 0.2) is 21.9 Å². The van der Waals surface area contributed by atoms with E-state index >= 15 is 0 Å². The number of azo groups is 1. The standard InChI is InChI=1S/C10H16N2/c1-10(2,3)6-7-8-4-5-9(7)12-11-8/h6,8-9H,4-5H2,1-3H3. The second kappa shape index (κ2) is 2.41. The van der Waals surface area contributed by atoms with Crippen LogP contribution in [0, 0.1) is 5.41 Å². The van der Waals surface area contributed by atoms with Gasteiger partial charge in [-0.3, -0.25) is 0 Å². The summed E-state index contributed by atoms with van der Waals surface area (Å²) in [5.41, 5.74) is 1.76. The fraction of sp³-hybridized carbons (Fsp3) is 0.800. The lowest BCUT2D eigenvalue weighted by atomic mass is 9.91. The first-order chi connectivity index (χ1) is 5.56. The number of allylic oxidation sites excluding steroid dienone is 1. The highest BCUT2D eigenvalue weighted by Crippen LogP contribution is 2.38. The molecule has 0 N–H and O–H groups in total. The molecule has 0 radical (unpaired) electrons. The predicted octanol–water partition coefficient (Wildman–Crippen LogP) is 2.96. The minimum Gasteiger partial charge on any atom is -0.186 e. The average molecular weight is 164 g/mol. The highest BCUT2D eigenvalue weighted by molar-refractivity contribution is 5.27. The van der Waals surface area contributed by atoms with Crippen molar-refractivity contribution >= 4 is 0 Å². The highest BCUT2D eigenvalue weighted by Gasteiger charge is 2.35. The molecule has 2 atom stereocenters. The van der Waals surface area contributed by atoms with Gasteiger partial charge in [-0.15, -0.1) is 0 Å². The van der Waals surface area contributed by atoms with E-state index in [2.05, 4.69) is 37.1 Å². The quantitative estimate of drug-likeness (QED) is 0.492. The maximum Gasteiger partial charge on any atom is 0.0940 e. The number of rotatable bonds is 0. The van der Waals surface area contributed by atoms with Crippen LogP contribution in [0.3, 0.4) is 0 Å². The monoisotopic (exact) mass is 164 g/mol. The van der Waals surface area contributed by atoms with Gasteiger partial charge < -0.3 is 0 Å². The van der Waals surface area contributed by atoms with Gasteiger partial charge in [-0.05, 0) is 23.8 Å². The molecule has 2 aliphatic rings. The molecular formula is C10H16N2. The SMILES string of the molecule is CC(C)(C)C=C1C2CCC1N=N2. The molecule has 2 bridgehead atoms. The second-order valence-corrected chi connectivity index (χ2v) is 4.85. The van der Waals surface area contributed by atoms with E-state index in [1.807, 2.05) is 0 Å². The van der Waals surface area contributed by atoms with Crippen LogP contribution < -0.4 is 0 Å². The summed E-state index contributed by atoms with van der Waals surface area (Å²) in [6, 6.07) is 0.878. The van der Waals surface area contributed by atoms with Crippen LogP contribution in [0.4, 0.5) is 0 Å². The van der Waals surface area contributed by atoms with Crippen LogP contribution in [0.1, 0.15) is 33.6 Å². The Bertz CT molecular complexity index is 229. The third kappa shape index (κ3) is 1.30. The Hall–Kier alpha value is -0.660. The van der Waals surface area contributed by atoms with Gasteiger partial charge in [0.2, 0.25) is 0 Å². The van der Waals surface area contributed by atoms with Gasteiger partial charge in [0.05, 0.1) is 12.1 Å². The number of hydrogen-bond acceptors (Lipinski definition) is 2. The minimum absolute atomic E-state index is 0.283. The Kier molecular flexibility index (Phi) is 1.60. The molecule has 2 heteroatoms. The molecule has 1 heterocycles. The van der Waals surface area contributed by atoms with Crippen LogP contribution in [0.25, 0.3) is 0 Å². The Morgan fingerprint density at radius 2 is 1.67 bits per heavy atom. The zero-order chi connectivity index (χ0) is 8.77. The molecule has 2 nitrogen and oxygen atoms in total. The third-order valence-electron chi connectivity index (χ3n) is 2.43. The summed E-state index contributed by atoms with van der Waals surface area (Å²) < 4.78 is 0. The average Bonchev–Trinajstić information content (AvgIpc) is 2.46. The first-order valence-corrected chi connectivity index (χ1v) is 4.69. The molecule has 0 aromatic heterocycles. The molecule has 1 aliphatic carbocycles. The van der Waals surface area contributed by atoms with Crippen molar-refractivity contribution in [2.75, 3.05) is 0 Å². The van der Waals surface area contributed by atoms with Crippen LogP contribution >= 0.6 is 0 Å². The maximum atomic E-state index is 4.23. The van der Waals surface area contributed by atoms with E-state index in [0.717, 1.165) is 0 Å². The Morgan fingerprint density at radius 1 is 1.17 bits per heavy atom. The summed E-state index contributed by atoms with van der Waals surface area (Å²) in [4.78, 5) is 0. The molecule has 12 heavy (non-hydrogen) atoms. The van der Waals surface area contributed by atoms with E-state index in [9.17, 15) is 0 Å². The molecule has 0 saturated heterocycles. The topological polar surface area (TPSA) is 24.7 Å². The summed E-state index contributed by atoms with van der Waals surface area (Å²) >= 11 is 0. The number of fused-ring (bicyclic) bond motifs is 2. The van der Waals surface area contributed by atoms with E-state index in [1.54, 1.807) is 0 Å². The summed E-state index contributed by atoms with van der Waals surface area (Å²) in [5.74, 6) is 0. The lowest BCUT2D eigenvalue weighted by molar-refractivity contribution is 0.536. The maximum absolute atomic E-state index is 4.23. The van der Waals surface area contributed by atoms with Gasteiger partial charge >= 0.3 is 0 Å². The van der Waals surface area contributed by atoms with Gasteiger partial charge in [0.25, 0.3) is 0 Å². The van der Waals surface area contributed by atoms with Gasteiger partial charge in [0.15, 0.2) is 0 Å². The molecule has 1 fully saturated rings. The van der Waals surface area contributed by atoms with Crippen molar-refractivity contribution in [2.45, 2.75) is 45.7 Å². The predicted molar refractivity (Wildman–Crippen MR) is 49.2 cm³/mol. The number of nitrogens with zero attached hydrogens (tertiary/aromatic N) is 2. The van der Waals surface area contributed by atoms with Crippen molar-refractivity contribution in [1.82, 2.24) is 0 Å². The van der Waals surface area contributed by atoms with Crippen molar-refractivity contribution < 1.29 is 0 Å². The molecule has 1 aliphatic heterocycles. The summed E-state index contributed by atoms with van der Waals surface area (Å²) in [6.07, 6.45) is 4.79. The molecule has 0 aromatic carbocycles. The van der Waals surface area contributed by atoms with E-state index in [0.29, 0.717) is 12.1 Å². The zero-order valence-corrected chi connectivity index (χ0v) is 8.04. The summed E-state index contributed by atoms with van der Waals surface area (Å²) in [5, 5.41) is 8.45. The molecule has 66 valence electrons. The van der Waals surface area contributed by atoms with Crippen molar-refractivity contribution in [1.29, 1.82) is 0 Å². The fourth-order valence-corrected chi connectivity index (χ4v) is 1.97. The Labute approximate surface area is 73.8 Å². The second-order valence-electron chi connectivity index (χ2n) is 4.85. The van der Waals surface area contributed by atoms with Gasteiger partial charge in [0.1, 0.15) is 0 Å². The van der Waals surface area contributed by atoms with Crippen molar-refractivity contribution in [2.24, 2.45) is 15.6 Å². The van der Waals surface area contributed by atoms with E-state index in [1.165, 1.54) is 18.4 Å². The lowest BCUT2D eigenvalue weighted by Crippen LogP contribution is -2.07. The molecular weight excluding hydrogens is 148 g/mol. The molecule has 1 saturated carbocycles. The molecule has 2 unspecified atom stereocenters. The Morgan fingerprint density at radius 3 is 2.00 bits per heavy atom. The van der Waals surface area contributed by atoms with E-state index in [4.69, 9.17) is 0 Å². The van der Waals surface area contributed by atoms with Crippen molar-refractivity contribution in [3.8, 4) is 0 Å². The molecule has 0 aromatic rings. The Balaban J connectivity index is 2.23. The number of hydrogen-bond donors (Lipinski definition) is 0. The minimum atomic E-state index is 0.283. The normalized spacial score (nSPS) is 33.1. The lowest BCUT2D eigenvalue weighted by Gasteiger charge is -2.14. The third-order valence-corrected chi connectivity index (χ3v) is 2.43. The van der Waals surface area contributed by atoms with Gasteiger partial charge in [0, 0.05) is 0 Å². The first-order valence-electron chi connectivity index (χ1n) is 4.69. The fourth-order valence-electron chi connectivity index (χ4n) is 1.97. The molecule has 2 rings (SSSR count). The van der Waals surface area contributed by atoms with Crippen LogP contribution in [0.2, 0.25) is 0 Å². The van der Waals surface area contributed by atoms with E-state index in [-0.39, 0.29) is 5.41 Å². The highest BCUT2D eigenvalue weighted by atomic mass is 15.2. The smallest absolute Gasteiger partial charge is 0.0940 e. The summed E-state index contributed by atoms with van der Waals surface area (Å²) in [6.45, 7) is 6.70. The summed E-state index contributed by atoms with van der Waals surface area (Å²) in [7, 11) is 0. The largest absolute Gasteiger partial charge is 0.186 e. The van der Waals surface area contributed by atoms with Crippen LogP contribution in [-0.2, 0) is 0 Å². The first kappa shape index (κ1) is 7.96. The molecule has 0 amide bonds. The molecule has 0 spiro atoms. The zero-order valence-electron chi connectivity index (χ0n) is 8.04. The van der Waals surface area contributed by atoms with Crippen LogP contribution in [-0.4, -0.2) is 12.1 Å². The van der Waals surface area contributed by atoms with Crippen molar-refractivity contribution in [3.63, 3.8) is 0 Å². The van der Waals surface area contributed by atoms with E-state index < -0.39 is 0 Å².